The molecular weight excluding hydrogens is 196 g/mol. The Kier molecular flexibility index (Phi) is 4.05. The smallest absolute Gasteiger partial charge is 0.339 e. The van der Waals surface area contributed by atoms with Crippen LogP contribution in [-0.2, 0) is 9.53 Å². The van der Waals surface area contributed by atoms with Crippen molar-refractivity contribution in [3.63, 3.8) is 0 Å². The number of hydrogen-bond acceptors (Lipinski definition) is 4. The Bertz CT molecular complexity index is 302. The first-order valence-corrected chi connectivity index (χ1v) is 5.05. The number of ether oxygens (including phenoxy) is 1. The fourth-order valence-corrected chi connectivity index (χ4v) is 1.27. The van der Waals surface area contributed by atoms with Crippen LogP contribution in [0.1, 0.15) is 26.7 Å². The van der Waals surface area contributed by atoms with E-state index in [1.165, 1.54) is 13.0 Å². The van der Waals surface area contributed by atoms with Crippen LogP contribution in [0.25, 0.3) is 0 Å². The Morgan fingerprint density at radius 3 is 2.73 bits per heavy atom. The molecule has 2 atom stereocenters. The Morgan fingerprint density at radius 2 is 2.20 bits per heavy atom. The van der Waals surface area contributed by atoms with E-state index in [4.69, 9.17) is 9.84 Å². The molecule has 0 spiro atoms. The van der Waals surface area contributed by atoms with E-state index >= 15 is 0 Å². The maximum atomic E-state index is 11.3. The summed E-state index contributed by atoms with van der Waals surface area (Å²) in [5.74, 6) is -0.0438. The number of allylic oxidation sites excluding steroid dienone is 1. The fourth-order valence-electron chi connectivity index (χ4n) is 1.27. The van der Waals surface area contributed by atoms with Crippen molar-refractivity contribution in [2.75, 3.05) is 0 Å². The molecule has 0 aliphatic carbocycles. The zero-order valence-electron chi connectivity index (χ0n) is 8.93. The predicted octanol–water partition coefficient (Wildman–Crippen LogP) is 0.895. The van der Waals surface area contributed by atoms with Crippen molar-refractivity contribution in [2.24, 2.45) is 0 Å². The molecule has 0 fully saturated rings. The largest absolute Gasteiger partial charge is 0.423 e. The summed E-state index contributed by atoms with van der Waals surface area (Å²) in [7, 11) is 0. The van der Waals surface area contributed by atoms with Crippen LogP contribution in [0.3, 0.4) is 0 Å². The van der Waals surface area contributed by atoms with Gasteiger partial charge in [-0.2, -0.15) is 0 Å². The first-order valence-electron chi connectivity index (χ1n) is 5.05. The van der Waals surface area contributed by atoms with Crippen molar-refractivity contribution >= 4 is 5.97 Å². The summed E-state index contributed by atoms with van der Waals surface area (Å²) < 4.78 is 4.91. The summed E-state index contributed by atoms with van der Waals surface area (Å²) in [6, 6.07) is 0. The Labute approximate surface area is 88.9 Å². The average molecular weight is 212 g/mol. The molecule has 2 N–H and O–H groups in total. The van der Waals surface area contributed by atoms with Gasteiger partial charge in [0.25, 0.3) is 0 Å². The SMILES string of the molecule is CCCC1=C/C(=C/[C@@H](O)[C@H](C)O)OC1=O. The molecule has 1 heterocycles. The normalized spacial score (nSPS) is 22.5. The molecule has 84 valence electrons. The van der Waals surface area contributed by atoms with E-state index in [0.29, 0.717) is 17.8 Å². The predicted molar refractivity (Wildman–Crippen MR) is 54.9 cm³/mol. The van der Waals surface area contributed by atoms with E-state index < -0.39 is 12.2 Å². The lowest BCUT2D eigenvalue weighted by Gasteiger charge is -2.08. The zero-order valence-corrected chi connectivity index (χ0v) is 8.93. The lowest BCUT2D eigenvalue weighted by atomic mass is 10.1. The summed E-state index contributed by atoms with van der Waals surface area (Å²) in [5, 5.41) is 18.4. The van der Waals surface area contributed by atoms with Gasteiger partial charge < -0.3 is 14.9 Å². The maximum Gasteiger partial charge on any atom is 0.339 e. The van der Waals surface area contributed by atoms with E-state index in [2.05, 4.69) is 0 Å². The molecule has 0 saturated heterocycles. The number of aliphatic hydroxyl groups excluding tert-OH is 2. The quantitative estimate of drug-likeness (QED) is 0.679. The second kappa shape index (κ2) is 5.09. The number of carbonyl (C=O) groups excluding carboxylic acids is 1. The van der Waals surface area contributed by atoms with E-state index in [1.807, 2.05) is 6.92 Å². The van der Waals surface area contributed by atoms with Crippen molar-refractivity contribution in [1.29, 1.82) is 0 Å². The van der Waals surface area contributed by atoms with Crippen LogP contribution in [0.4, 0.5) is 0 Å². The summed E-state index contributed by atoms with van der Waals surface area (Å²) in [4.78, 5) is 11.3. The van der Waals surface area contributed by atoms with Gasteiger partial charge in [0.2, 0.25) is 0 Å². The third-order valence-electron chi connectivity index (χ3n) is 2.14. The standard InChI is InChI=1S/C11H16O4/c1-3-4-8-5-9(15-11(8)14)6-10(13)7(2)12/h5-7,10,12-13H,3-4H2,1-2H3/b9-6-/t7-,10+/m0/s1. The second-order valence-electron chi connectivity index (χ2n) is 3.61. The van der Waals surface area contributed by atoms with E-state index in [1.54, 1.807) is 6.08 Å². The van der Waals surface area contributed by atoms with E-state index in [0.717, 1.165) is 6.42 Å². The molecule has 1 aliphatic rings. The van der Waals surface area contributed by atoms with Crippen LogP contribution in [0.2, 0.25) is 0 Å². The third-order valence-corrected chi connectivity index (χ3v) is 2.14. The highest BCUT2D eigenvalue weighted by Crippen LogP contribution is 2.21. The minimum Gasteiger partial charge on any atom is -0.423 e. The van der Waals surface area contributed by atoms with Gasteiger partial charge in [0.1, 0.15) is 11.9 Å². The lowest BCUT2D eigenvalue weighted by Crippen LogP contribution is -2.20. The summed E-state index contributed by atoms with van der Waals surface area (Å²) in [6.45, 7) is 3.44. The van der Waals surface area contributed by atoms with Gasteiger partial charge >= 0.3 is 5.97 Å². The minimum absolute atomic E-state index is 0.317. The summed E-state index contributed by atoms with van der Waals surface area (Å²) in [5.41, 5.74) is 0.613. The van der Waals surface area contributed by atoms with Crippen LogP contribution in [0, 0.1) is 0 Å². The molecule has 0 unspecified atom stereocenters. The minimum atomic E-state index is -1.01. The molecule has 0 radical (unpaired) electrons. The average Bonchev–Trinajstić information content (AvgIpc) is 2.47. The number of carbonyl (C=O) groups is 1. The first kappa shape index (κ1) is 11.9. The Morgan fingerprint density at radius 1 is 1.53 bits per heavy atom. The lowest BCUT2D eigenvalue weighted by molar-refractivity contribution is -0.133. The van der Waals surface area contributed by atoms with Gasteiger partial charge in [0.15, 0.2) is 0 Å². The van der Waals surface area contributed by atoms with Gasteiger partial charge in [-0.1, -0.05) is 13.3 Å². The van der Waals surface area contributed by atoms with Crippen molar-refractivity contribution in [2.45, 2.75) is 38.9 Å². The van der Waals surface area contributed by atoms with Crippen LogP contribution in [0.15, 0.2) is 23.5 Å². The molecular formula is C11H16O4. The molecule has 1 aliphatic heterocycles. The third kappa shape index (κ3) is 3.18. The molecule has 0 bridgehead atoms. The number of hydrogen-bond donors (Lipinski definition) is 2. The number of aliphatic hydroxyl groups is 2. The van der Waals surface area contributed by atoms with E-state index in [-0.39, 0.29) is 5.97 Å². The van der Waals surface area contributed by atoms with E-state index in [9.17, 15) is 9.90 Å². The van der Waals surface area contributed by atoms with Gasteiger partial charge in [-0.05, 0) is 25.5 Å². The molecule has 4 heteroatoms. The van der Waals surface area contributed by atoms with Gasteiger partial charge in [0, 0.05) is 5.57 Å². The van der Waals surface area contributed by atoms with Crippen LogP contribution < -0.4 is 0 Å². The fraction of sp³-hybridized carbons (Fsp3) is 0.545. The zero-order chi connectivity index (χ0) is 11.4. The molecule has 0 aromatic rings. The first-order chi connectivity index (χ1) is 7.04. The Balaban J connectivity index is 2.71. The topological polar surface area (TPSA) is 66.8 Å². The van der Waals surface area contributed by atoms with Gasteiger partial charge in [0.05, 0.1) is 6.10 Å². The molecule has 0 aromatic carbocycles. The molecule has 0 aromatic heterocycles. The van der Waals surface area contributed by atoms with Crippen molar-refractivity contribution in [3.8, 4) is 0 Å². The molecule has 1 rings (SSSR count). The van der Waals surface area contributed by atoms with Crippen molar-refractivity contribution < 1.29 is 19.7 Å². The second-order valence-corrected chi connectivity index (χ2v) is 3.61. The molecule has 4 nitrogen and oxygen atoms in total. The maximum absolute atomic E-state index is 11.3. The monoisotopic (exact) mass is 212 g/mol. The number of rotatable bonds is 4. The summed E-state index contributed by atoms with van der Waals surface area (Å²) in [6.07, 6.45) is 2.60. The summed E-state index contributed by atoms with van der Waals surface area (Å²) >= 11 is 0. The highest BCUT2D eigenvalue weighted by molar-refractivity contribution is 5.92. The van der Waals surface area contributed by atoms with Crippen LogP contribution >= 0.6 is 0 Å². The van der Waals surface area contributed by atoms with Crippen molar-refractivity contribution in [1.82, 2.24) is 0 Å². The number of esters is 1. The van der Waals surface area contributed by atoms with Crippen molar-refractivity contribution in [3.05, 3.63) is 23.5 Å². The highest BCUT2D eigenvalue weighted by Gasteiger charge is 2.21. The Hall–Kier alpha value is -1.13. The molecule has 0 saturated carbocycles. The number of cyclic esters (lactones) is 1. The van der Waals surface area contributed by atoms with Crippen LogP contribution in [0.5, 0.6) is 0 Å². The highest BCUT2D eigenvalue weighted by atomic mass is 16.5. The van der Waals surface area contributed by atoms with Gasteiger partial charge in [-0.25, -0.2) is 4.79 Å². The molecule has 0 amide bonds. The molecule has 15 heavy (non-hydrogen) atoms. The van der Waals surface area contributed by atoms with Gasteiger partial charge in [-0.3, -0.25) is 0 Å². The van der Waals surface area contributed by atoms with Crippen LogP contribution in [-0.4, -0.2) is 28.4 Å². The van der Waals surface area contributed by atoms with Gasteiger partial charge in [-0.15, -0.1) is 0 Å².